The lowest BCUT2D eigenvalue weighted by molar-refractivity contribution is 0.0529. The molecule has 0 fully saturated rings. The minimum atomic E-state index is -0.421. The van der Waals surface area contributed by atoms with E-state index in [0.29, 0.717) is 39.4 Å². The first kappa shape index (κ1) is 15.9. The van der Waals surface area contributed by atoms with Gasteiger partial charge in [0, 0.05) is 11.5 Å². The van der Waals surface area contributed by atoms with E-state index in [2.05, 4.69) is 0 Å². The van der Waals surface area contributed by atoms with Crippen molar-refractivity contribution in [1.82, 2.24) is 0 Å². The summed E-state index contributed by atoms with van der Waals surface area (Å²) in [5.41, 5.74) is 1.68. The highest BCUT2D eigenvalue weighted by Gasteiger charge is 2.25. The Balaban J connectivity index is 2.26. The van der Waals surface area contributed by atoms with Gasteiger partial charge in [-0.1, -0.05) is 18.2 Å². The Morgan fingerprint density at radius 1 is 1.08 bits per heavy atom. The van der Waals surface area contributed by atoms with Gasteiger partial charge < -0.3 is 18.6 Å². The highest BCUT2D eigenvalue weighted by molar-refractivity contribution is 6.09. The second kappa shape index (κ2) is 6.66. The number of hydrogen-bond donors (Lipinski definition) is 0. The van der Waals surface area contributed by atoms with E-state index >= 15 is 0 Å². The van der Waals surface area contributed by atoms with Crippen LogP contribution in [0.15, 0.2) is 46.9 Å². The maximum Gasteiger partial charge on any atom is 0.342 e. The molecule has 5 heteroatoms. The molecule has 0 aliphatic heterocycles. The van der Waals surface area contributed by atoms with E-state index in [0.717, 1.165) is 0 Å². The van der Waals surface area contributed by atoms with Gasteiger partial charge >= 0.3 is 5.97 Å². The number of carbonyl (C=O) groups is 1. The van der Waals surface area contributed by atoms with Crippen LogP contribution in [0.4, 0.5) is 0 Å². The molecular weight excluding hydrogens is 308 g/mol. The zero-order chi connectivity index (χ0) is 17.1. The van der Waals surface area contributed by atoms with Crippen LogP contribution >= 0.6 is 0 Å². The fourth-order valence-electron chi connectivity index (χ4n) is 2.63. The predicted octanol–water partition coefficient (Wildman–Crippen LogP) is 4.29. The van der Waals surface area contributed by atoms with Crippen LogP contribution in [-0.2, 0) is 4.74 Å². The Labute approximate surface area is 139 Å². The quantitative estimate of drug-likeness (QED) is 0.655. The van der Waals surface area contributed by atoms with Gasteiger partial charge in [-0.15, -0.1) is 0 Å². The van der Waals surface area contributed by atoms with Gasteiger partial charge in [-0.2, -0.15) is 0 Å². The van der Waals surface area contributed by atoms with Crippen LogP contribution in [0.2, 0.25) is 0 Å². The normalized spacial score (nSPS) is 10.6. The van der Waals surface area contributed by atoms with Crippen LogP contribution in [0.3, 0.4) is 0 Å². The topological polar surface area (TPSA) is 57.9 Å². The van der Waals surface area contributed by atoms with Crippen LogP contribution in [0.1, 0.15) is 17.3 Å². The van der Waals surface area contributed by atoms with Crippen molar-refractivity contribution in [1.29, 1.82) is 0 Å². The third kappa shape index (κ3) is 2.69. The smallest absolute Gasteiger partial charge is 0.342 e. The molecule has 0 amide bonds. The minimum absolute atomic E-state index is 0.289. The number of fused-ring (bicyclic) bond motifs is 1. The molecule has 124 valence electrons. The van der Waals surface area contributed by atoms with Gasteiger partial charge in [-0.3, -0.25) is 0 Å². The van der Waals surface area contributed by atoms with Gasteiger partial charge in [-0.05, 0) is 25.1 Å². The molecule has 0 bridgehead atoms. The Morgan fingerprint density at radius 3 is 2.58 bits per heavy atom. The van der Waals surface area contributed by atoms with Gasteiger partial charge in [0.1, 0.15) is 22.6 Å². The zero-order valence-corrected chi connectivity index (χ0v) is 13.8. The summed E-state index contributed by atoms with van der Waals surface area (Å²) in [6, 6.07) is 12.7. The molecule has 0 saturated heterocycles. The molecule has 0 unspecified atom stereocenters. The molecule has 0 aliphatic carbocycles. The SMILES string of the molecule is CCOC(=O)c1c(-c2ccc(OC)cc2OC)oc2ccccc12. The number of hydrogen-bond acceptors (Lipinski definition) is 5. The van der Waals surface area contributed by atoms with E-state index in [1.165, 1.54) is 0 Å². The summed E-state index contributed by atoms with van der Waals surface area (Å²) in [6.45, 7) is 2.06. The fraction of sp³-hybridized carbons (Fsp3) is 0.211. The monoisotopic (exact) mass is 326 g/mol. The van der Waals surface area contributed by atoms with Crippen molar-refractivity contribution in [2.45, 2.75) is 6.92 Å². The molecule has 3 aromatic rings. The van der Waals surface area contributed by atoms with E-state index in [1.54, 1.807) is 39.3 Å². The van der Waals surface area contributed by atoms with E-state index in [-0.39, 0.29) is 6.61 Å². The number of ether oxygens (including phenoxy) is 3. The molecule has 3 rings (SSSR count). The average Bonchev–Trinajstić information content (AvgIpc) is 3.00. The highest BCUT2D eigenvalue weighted by atomic mass is 16.5. The molecule has 0 radical (unpaired) electrons. The van der Waals surface area contributed by atoms with Crippen LogP contribution in [0.25, 0.3) is 22.3 Å². The standard InChI is InChI=1S/C19H18O5/c1-4-23-19(20)17-13-7-5-6-8-15(13)24-18(17)14-10-9-12(21-2)11-16(14)22-3/h5-11H,4H2,1-3H3. The number of methoxy groups -OCH3 is 2. The van der Waals surface area contributed by atoms with Crippen LogP contribution in [-0.4, -0.2) is 26.8 Å². The predicted molar refractivity (Wildman–Crippen MR) is 90.7 cm³/mol. The largest absolute Gasteiger partial charge is 0.497 e. The van der Waals surface area contributed by atoms with Crippen LogP contribution in [0, 0.1) is 0 Å². The molecule has 2 aromatic carbocycles. The number of carbonyl (C=O) groups excluding carboxylic acids is 1. The first-order chi connectivity index (χ1) is 11.7. The molecule has 1 heterocycles. The Hall–Kier alpha value is -2.95. The second-order valence-corrected chi connectivity index (χ2v) is 5.09. The van der Waals surface area contributed by atoms with Gasteiger partial charge in [0.25, 0.3) is 0 Å². The van der Waals surface area contributed by atoms with Gasteiger partial charge in [-0.25, -0.2) is 4.79 Å². The number of para-hydroxylation sites is 1. The molecule has 0 atom stereocenters. The van der Waals surface area contributed by atoms with Crippen LogP contribution < -0.4 is 9.47 Å². The second-order valence-electron chi connectivity index (χ2n) is 5.09. The molecule has 1 aromatic heterocycles. The lowest BCUT2D eigenvalue weighted by Gasteiger charge is -2.10. The molecule has 0 aliphatic rings. The molecule has 0 saturated carbocycles. The maximum atomic E-state index is 12.5. The zero-order valence-electron chi connectivity index (χ0n) is 13.8. The molecule has 0 N–H and O–H groups in total. The number of rotatable bonds is 5. The van der Waals surface area contributed by atoms with Crippen molar-refractivity contribution >= 4 is 16.9 Å². The molecular formula is C19H18O5. The molecule has 24 heavy (non-hydrogen) atoms. The van der Waals surface area contributed by atoms with Crippen molar-refractivity contribution in [2.24, 2.45) is 0 Å². The van der Waals surface area contributed by atoms with E-state index < -0.39 is 5.97 Å². The van der Waals surface area contributed by atoms with Gasteiger partial charge in [0.05, 0.1) is 26.4 Å². The van der Waals surface area contributed by atoms with Crippen molar-refractivity contribution in [3.63, 3.8) is 0 Å². The Bertz CT molecular complexity index is 879. The van der Waals surface area contributed by atoms with E-state index in [4.69, 9.17) is 18.6 Å². The number of benzene rings is 2. The highest BCUT2D eigenvalue weighted by Crippen LogP contribution is 2.40. The minimum Gasteiger partial charge on any atom is -0.497 e. The summed E-state index contributed by atoms with van der Waals surface area (Å²) in [5, 5.41) is 0.712. The lowest BCUT2D eigenvalue weighted by atomic mass is 10.0. The van der Waals surface area contributed by atoms with Gasteiger partial charge in [0.2, 0.25) is 0 Å². The van der Waals surface area contributed by atoms with Crippen LogP contribution in [0.5, 0.6) is 11.5 Å². The van der Waals surface area contributed by atoms with Crippen molar-refractivity contribution in [3.8, 4) is 22.8 Å². The van der Waals surface area contributed by atoms with Crippen molar-refractivity contribution in [3.05, 3.63) is 48.0 Å². The summed E-state index contributed by atoms with van der Waals surface area (Å²) in [5.74, 6) is 1.22. The first-order valence-corrected chi connectivity index (χ1v) is 7.60. The number of furan rings is 1. The summed E-state index contributed by atoms with van der Waals surface area (Å²) in [4.78, 5) is 12.5. The average molecular weight is 326 g/mol. The molecule has 0 spiro atoms. The summed E-state index contributed by atoms with van der Waals surface area (Å²) in [6.07, 6.45) is 0. The van der Waals surface area contributed by atoms with Crippen molar-refractivity contribution in [2.75, 3.05) is 20.8 Å². The summed E-state index contributed by atoms with van der Waals surface area (Å²) < 4.78 is 21.8. The van der Waals surface area contributed by atoms with E-state index in [9.17, 15) is 4.79 Å². The van der Waals surface area contributed by atoms with Gasteiger partial charge in [0.15, 0.2) is 5.76 Å². The third-order valence-electron chi connectivity index (χ3n) is 3.73. The number of esters is 1. The first-order valence-electron chi connectivity index (χ1n) is 7.60. The third-order valence-corrected chi connectivity index (χ3v) is 3.73. The van der Waals surface area contributed by atoms with Crippen molar-refractivity contribution < 1.29 is 23.4 Å². The summed E-state index contributed by atoms with van der Waals surface area (Å²) in [7, 11) is 3.14. The molecule has 5 nitrogen and oxygen atoms in total. The van der Waals surface area contributed by atoms with E-state index in [1.807, 2.05) is 24.3 Å². The Kier molecular flexibility index (Phi) is 4.42. The summed E-state index contributed by atoms with van der Waals surface area (Å²) >= 11 is 0. The maximum absolute atomic E-state index is 12.5. The lowest BCUT2D eigenvalue weighted by Crippen LogP contribution is -2.05. The Morgan fingerprint density at radius 2 is 1.88 bits per heavy atom. The fourth-order valence-corrected chi connectivity index (χ4v) is 2.63.